The Kier molecular flexibility index (Phi) is 3.70. The third-order valence-electron chi connectivity index (χ3n) is 3.27. The van der Waals surface area contributed by atoms with Crippen molar-refractivity contribution in [1.82, 2.24) is 10.2 Å². The third-order valence-corrected chi connectivity index (χ3v) is 4.91. The monoisotopic (exact) mass is 262 g/mol. The molecule has 2 rings (SSSR count). The van der Waals surface area contributed by atoms with Gasteiger partial charge in [0.25, 0.3) is 0 Å². The molecule has 17 heavy (non-hydrogen) atoms. The highest BCUT2D eigenvalue weighted by Crippen LogP contribution is 2.15. The van der Waals surface area contributed by atoms with E-state index >= 15 is 0 Å². The molecule has 0 aromatic carbocycles. The van der Waals surface area contributed by atoms with Crippen molar-refractivity contribution in [2.45, 2.75) is 18.6 Å². The fraction of sp³-hybridized carbons (Fsp3) is 0.900. The Hall–Kier alpha value is -0.660. The molecule has 2 saturated heterocycles. The molecule has 0 aliphatic carbocycles. The van der Waals surface area contributed by atoms with Crippen LogP contribution in [0.2, 0.25) is 0 Å². The van der Waals surface area contributed by atoms with Crippen molar-refractivity contribution in [1.29, 1.82) is 0 Å². The Balaban J connectivity index is 2.07. The van der Waals surface area contributed by atoms with Crippen molar-refractivity contribution in [3.05, 3.63) is 0 Å². The molecule has 7 heteroatoms. The lowest BCUT2D eigenvalue weighted by Gasteiger charge is -2.32. The molecule has 2 aliphatic heterocycles. The van der Waals surface area contributed by atoms with Gasteiger partial charge in [-0.05, 0) is 13.5 Å². The third kappa shape index (κ3) is 2.97. The van der Waals surface area contributed by atoms with E-state index in [0.29, 0.717) is 6.54 Å². The van der Waals surface area contributed by atoms with Crippen LogP contribution in [0, 0.1) is 0 Å². The van der Waals surface area contributed by atoms with Crippen molar-refractivity contribution in [3.63, 3.8) is 0 Å². The summed E-state index contributed by atoms with van der Waals surface area (Å²) < 4.78 is 28.6. The molecule has 0 aromatic rings. The number of amides is 1. The van der Waals surface area contributed by atoms with E-state index in [1.54, 1.807) is 11.9 Å². The first-order valence-electron chi connectivity index (χ1n) is 5.80. The number of nitrogens with one attached hydrogen (secondary N) is 1. The molecule has 0 saturated carbocycles. The number of ether oxygens (including phenoxy) is 1. The first-order chi connectivity index (χ1) is 8.02. The summed E-state index contributed by atoms with van der Waals surface area (Å²) >= 11 is 0. The van der Waals surface area contributed by atoms with Gasteiger partial charge < -0.3 is 15.0 Å². The molecule has 0 bridgehead atoms. The molecule has 0 aromatic heterocycles. The summed E-state index contributed by atoms with van der Waals surface area (Å²) in [5.41, 5.74) is 0. The summed E-state index contributed by atoms with van der Waals surface area (Å²) in [7, 11) is -1.52. The number of carbonyl (C=O) groups excluding carboxylic acids is 1. The van der Waals surface area contributed by atoms with Gasteiger partial charge in [0, 0.05) is 19.7 Å². The first kappa shape index (κ1) is 12.8. The van der Waals surface area contributed by atoms with Gasteiger partial charge in [0.15, 0.2) is 9.84 Å². The van der Waals surface area contributed by atoms with Gasteiger partial charge in [-0.3, -0.25) is 4.79 Å². The molecule has 0 radical (unpaired) electrons. The Morgan fingerprint density at radius 3 is 2.76 bits per heavy atom. The Morgan fingerprint density at radius 2 is 2.24 bits per heavy atom. The Bertz CT molecular complexity index is 391. The van der Waals surface area contributed by atoms with Gasteiger partial charge in [-0.1, -0.05) is 0 Å². The average molecular weight is 262 g/mol. The van der Waals surface area contributed by atoms with Crippen LogP contribution in [0.4, 0.5) is 0 Å². The molecular formula is C10H18N2O4S. The van der Waals surface area contributed by atoms with Crippen molar-refractivity contribution in [2.24, 2.45) is 0 Å². The lowest BCUT2D eigenvalue weighted by Crippen LogP contribution is -2.50. The maximum absolute atomic E-state index is 12.1. The molecule has 1 N–H and O–H groups in total. The fourth-order valence-corrected chi connectivity index (χ4v) is 3.53. The molecule has 2 unspecified atom stereocenters. The second-order valence-corrected chi connectivity index (χ2v) is 6.75. The smallest absolute Gasteiger partial charge is 0.240 e. The van der Waals surface area contributed by atoms with E-state index in [1.807, 2.05) is 0 Å². The molecule has 2 fully saturated rings. The highest BCUT2D eigenvalue weighted by molar-refractivity contribution is 7.91. The molecule has 2 atom stereocenters. The van der Waals surface area contributed by atoms with E-state index in [9.17, 15) is 13.2 Å². The van der Waals surface area contributed by atoms with Gasteiger partial charge in [-0.25, -0.2) is 8.42 Å². The van der Waals surface area contributed by atoms with E-state index < -0.39 is 15.9 Å². The second kappa shape index (κ2) is 4.91. The zero-order chi connectivity index (χ0) is 12.5. The van der Waals surface area contributed by atoms with Crippen LogP contribution in [-0.2, 0) is 19.4 Å². The van der Waals surface area contributed by atoms with Gasteiger partial charge >= 0.3 is 0 Å². The normalized spacial score (nSPS) is 33.0. The van der Waals surface area contributed by atoms with Crippen molar-refractivity contribution >= 4 is 15.7 Å². The van der Waals surface area contributed by atoms with Crippen LogP contribution in [0.5, 0.6) is 0 Å². The lowest BCUT2D eigenvalue weighted by molar-refractivity contribution is -0.137. The van der Waals surface area contributed by atoms with E-state index in [2.05, 4.69) is 5.32 Å². The van der Waals surface area contributed by atoms with Gasteiger partial charge in [0.2, 0.25) is 5.91 Å². The summed E-state index contributed by atoms with van der Waals surface area (Å²) in [4.78, 5) is 13.7. The van der Waals surface area contributed by atoms with Crippen LogP contribution in [0.3, 0.4) is 0 Å². The molecule has 98 valence electrons. The molecule has 2 aliphatic rings. The van der Waals surface area contributed by atoms with Crippen molar-refractivity contribution in [3.8, 4) is 0 Å². The highest BCUT2D eigenvalue weighted by Gasteiger charge is 2.34. The zero-order valence-electron chi connectivity index (χ0n) is 9.89. The van der Waals surface area contributed by atoms with Crippen molar-refractivity contribution < 1.29 is 17.9 Å². The van der Waals surface area contributed by atoms with Crippen LogP contribution in [0.25, 0.3) is 0 Å². The van der Waals surface area contributed by atoms with E-state index in [-0.39, 0.29) is 30.1 Å². The number of hydrogen-bond acceptors (Lipinski definition) is 5. The van der Waals surface area contributed by atoms with E-state index in [4.69, 9.17) is 4.74 Å². The second-order valence-electron chi connectivity index (χ2n) is 4.52. The van der Waals surface area contributed by atoms with Crippen molar-refractivity contribution in [2.75, 3.05) is 38.2 Å². The number of rotatable bonds is 3. The summed E-state index contributed by atoms with van der Waals surface area (Å²) in [5.74, 6) is -0.197. The number of likely N-dealkylation sites (N-methyl/N-ethyl adjacent to an activating group) is 1. The molecule has 0 spiro atoms. The zero-order valence-corrected chi connectivity index (χ0v) is 10.7. The van der Waals surface area contributed by atoms with Crippen LogP contribution in [-0.4, -0.2) is 69.6 Å². The van der Waals surface area contributed by atoms with Crippen LogP contribution >= 0.6 is 0 Å². The first-order valence-corrected chi connectivity index (χ1v) is 7.62. The predicted molar refractivity (Wildman–Crippen MR) is 62.4 cm³/mol. The number of hydrogen-bond donors (Lipinski definition) is 1. The van der Waals surface area contributed by atoms with Crippen LogP contribution < -0.4 is 5.32 Å². The fourth-order valence-electron chi connectivity index (χ4n) is 2.05. The molecule has 2 heterocycles. The molecular weight excluding hydrogens is 244 g/mol. The number of carbonyl (C=O) groups is 1. The van der Waals surface area contributed by atoms with Crippen LogP contribution in [0.15, 0.2) is 0 Å². The summed E-state index contributed by atoms with van der Waals surface area (Å²) in [6, 6.07) is -0.623. The topological polar surface area (TPSA) is 75.7 Å². The summed E-state index contributed by atoms with van der Waals surface area (Å²) in [6.07, 6.45) is 1.03. The minimum absolute atomic E-state index is 0.0453. The van der Waals surface area contributed by atoms with Gasteiger partial charge in [0.1, 0.15) is 6.04 Å². The highest BCUT2D eigenvalue weighted by atomic mass is 32.2. The lowest BCUT2D eigenvalue weighted by atomic mass is 10.1. The SMILES string of the molecule is CNC1CS(=O)(=O)CCN(CC2CCO2)C1=O. The molecule has 1 amide bonds. The Labute approximate surface area is 101 Å². The van der Waals surface area contributed by atoms with Gasteiger partial charge in [-0.2, -0.15) is 0 Å². The van der Waals surface area contributed by atoms with Gasteiger partial charge in [0.05, 0.1) is 17.6 Å². The minimum Gasteiger partial charge on any atom is -0.376 e. The molecule has 6 nitrogen and oxygen atoms in total. The summed E-state index contributed by atoms with van der Waals surface area (Å²) in [5, 5.41) is 2.78. The number of nitrogens with zero attached hydrogens (tertiary/aromatic N) is 1. The van der Waals surface area contributed by atoms with Gasteiger partial charge in [-0.15, -0.1) is 0 Å². The van der Waals surface area contributed by atoms with E-state index in [0.717, 1.165) is 13.0 Å². The largest absolute Gasteiger partial charge is 0.376 e. The van der Waals surface area contributed by atoms with E-state index in [1.165, 1.54) is 0 Å². The maximum Gasteiger partial charge on any atom is 0.240 e. The van der Waals surface area contributed by atoms with Crippen LogP contribution in [0.1, 0.15) is 6.42 Å². The maximum atomic E-state index is 12.1. The quantitative estimate of drug-likeness (QED) is 0.678. The predicted octanol–water partition coefficient (Wildman–Crippen LogP) is -1.38. The Morgan fingerprint density at radius 1 is 1.53 bits per heavy atom. The summed E-state index contributed by atoms with van der Waals surface area (Å²) in [6.45, 7) is 1.52. The number of sulfone groups is 1. The standard InChI is InChI=1S/C10H18N2O4S/c1-11-9-7-17(14,15)5-3-12(10(9)13)6-8-2-4-16-8/h8-9,11H,2-7H2,1H3. The minimum atomic E-state index is -3.14. The average Bonchev–Trinajstić information content (AvgIpc) is 2.32.